The van der Waals surface area contributed by atoms with Crippen LogP contribution in [0.25, 0.3) is 0 Å². The van der Waals surface area contributed by atoms with Gasteiger partial charge in [0.2, 0.25) is 0 Å². The van der Waals surface area contributed by atoms with Crippen LogP contribution in [0.1, 0.15) is 71.0 Å². The fraction of sp³-hybridized carbons (Fsp3) is 0.553. The Bertz CT molecular complexity index is 1770. The standard InChI is InChI=1S/C38H43N3O5/c1-39-29-16-24-11-13-41(36(43)45-21-23-5-3-2-4-6-23)20-26(24)15-27(29)28-18-38(44)31-17-25-9-10-30(42)34-32(25)37(38,35(46-34)33(28)39)12-14-40(31)19-22-7-8-22/h2-6,9-10,22,24,26,31,35,42,44H,7-8,11-21H2,1H3/t24-,26+,31?,35+,37+,38-/m1/s1. The highest BCUT2D eigenvalue weighted by Gasteiger charge is 2.73. The minimum atomic E-state index is -0.977. The maximum atomic E-state index is 13.3. The van der Waals surface area contributed by atoms with E-state index in [0.717, 1.165) is 68.8 Å². The van der Waals surface area contributed by atoms with E-state index in [9.17, 15) is 15.0 Å². The largest absolute Gasteiger partial charge is 0.504 e. The number of hydrogen-bond donors (Lipinski definition) is 2. The molecule has 8 heteroatoms. The van der Waals surface area contributed by atoms with Gasteiger partial charge in [-0.05, 0) is 97.6 Å². The van der Waals surface area contributed by atoms with Crippen LogP contribution in [0.4, 0.5) is 4.79 Å². The van der Waals surface area contributed by atoms with Crippen molar-refractivity contribution in [2.45, 2.75) is 81.1 Å². The first-order valence-corrected chi connectivity index (χ1v) is 17.5. The Morgan fingerprint density at radius 3 is 2.70 bits per heavy atom. The van der Waals surface area contributed by atoms with Crippen molar-refractivity contribution in [3.8, 4) is 11.5 Å². The molecular formula is C38H43N3O5. The topological polar surface area (TPSA) is 87.4 Å². The van der Waals surface area contributed by atoms with Crippen LogP contribution in [0.3, 0.4) is 0 Å². The summed E-state index contributed by atoms with van der Waals surface area (Å²) in [6, 6.07) is 13.8. The zero-order chi connectivity index (χ0) is 30.9. The van der Waals surface area contributed by atoms with Crippen LogP contribution in [-0.2, 0) is 49.5 Å². The van der Waals surface area contributed by atoms with E-state index >= 15 is 0 Å². The Labute approximate surface area is 269 Å². The molecule has 1 spiro atoms. The van der Waals surface area contributed by atoms with Gasteiger partial charge in [0.05, 0.1) is 16.7 Å². The van der Waals surface area contributed by atoms with Gasteiger partial charge < -0.3 is 29.2 Å². The summed E-state index contributed by atoms with van der Waals surface area (Å²) in [6.45, 7) is 3.74. The van der Waals surface area contributed by atoms with Gasteiger partial charge in [-0.15, -0.1) is 0 Å². The quantitative estimate of drug-likeness (QED) is 0.435. The predicted octanol–water partition coefficient (Wildman–Crippen LogP) is 4.80. The molecule has 240 valence electrons. The molecule has 3 aliphatic heterocycles. The number of piperidine rings is 2. The summed E-state index contributed by atoms with van der Waals surface area (Å²) in [4.78, 5) is 17.7. The monoisotopic (exact) mass is 621 g/mol. The number of phenols is 1. The lowest BCUT2D eigenvalue weighted by atomic mass is 9.48. The van der Waals surface area contributed by atoms with E-state index in [1.165, 1.54) is 40.9 Å². The highest BCUT2D eigenvalue weighted by molar-refractivity contribution is 5.68. The Hall–Kier alpha value is -3.49. The van der Waals surface area contributed by atoms with Crippen molar-refractivity contribution >= 4 is 6.09 Å². The van der Waals surface area contributed by atoms with Gasteiger partial charge in [0.1, 0.15) is 6.61 Å². The average Bonchev–Trinajstić information content (AvgIpc) is 3.76. The third-order valence-electron chi connectivity index (χ3n) is 13.3. The molecule has 10 rings (SSSR count). The van der Waals surface area contributed by atoms with Gasteiger partial charge >= 0.3 is 6.09 Å². The first kappa shape index (κ1) is 27.6. The molecule has 4 aliphatic carbocycles. The summed E-state index contributed by atoms with van der Waals surface area (Å²) in [5.41, 5.74) is 6.97. The van der Waals surface area contributed by atoms with Crippen molar-refractivity contribution < 1.29 is 24.5 Å². The average molecular weight is 622 g/mol. The summed E-state index contributed by atoms with van der Waals surface area (Å²) in [5, 5.41) is 24.4. The van der Waals surface area contributed by atoms with Crippen LogP contribution >= 0.6 is 0 Å². The lowest BCUT2D eigenvalue weighted by Gasteiger charge is -2.63. The van der Waals surface area contributed by atoms with Gasteiger partial charge in [0.15, 0.2) is 17.6 Å². The van der Waals surface area contributed by atoms with Crippen LogP contribution in [0.15, 0.2) is 42.5 Å². The maximum absolute atomic E-state index is 13.3. The predicted molar refractivity (Wildman–Crippen MR) is 171 cm³/mol. The Balaban J connectivity index is 1.01. The highest BCUT2D eigenvalue weighted by Crippen LogP contribution is 2.69. The number of carbonyl (C=O) groups excluding carboxylic acids is 1. The Kier molecular flexibility index (Phi) is 5.72. The van der Waals surface area contributed by atoms with Gasteiger partial charge in [0, 0.05) is 50.4 Å². The van der Waals surface area contributed by atoms with E-state index in [-0.39, 0.29) is 24.0 Å². The number of amides is 1. The maximum Gasteiger partial charge on any atom is 0.410 e. The molecule has 3 aromatic rings. The van der Waals surface area contributed by atoms with E-state index in [2.05, 4.69) is 22.6 Å². The van der Waals surface area contributed by atoms with Crippen LogP contribution < -0.4 is 4.74 Å². The minimum Gasteiger partial charge on any atom is -0.504 e. The number of benzene rings is 2. The number of fused-ring (bicyclic) bond motifs is 5. The zero-order valence-corrected chi connectivity index (χ0v) is 26.6. The van der Waals surface area contributed by atoms with Crippen molar-refractivity contribution in [3.63, 3.8) is 0 Å². The lowest BCUT2D eigenvalue weighted by molar-refractivity contribution is -0.174. The molecule has 1 saturated carbocycles. The molecule has 2 aromatic carbocycles. The summed E-state index contributed by atoms with van der Waals surface area (Å²) < 4.78 is 15.0. The molecule has 1 amide bonds. The second-order valence-electron chi connectivity index (χ2n) is 15.5. The second-order valence-corrected chi connectivity index (χ2v) is 15.5. The van der Waals surface area contributed by atoms with Crippen LogP contribution in [0, 0.1) is 17.8 Å². The fourth-order valence-corrected chi connectivity index (χ4v) is 10.9. The molecule has 6 atom stereocenters. The van der Waals surface area contributed by atoms with Gasteiger partial charge in [0.25, 0.3) is 0 Å². The van der Waals surface area contributed by atoms with Gasteiger partial charge in [-0.1, -0.05) is 36.4 Å². The van der Waals surface area contributed by atoms with Crippen molar-refractivity contribution in [3.05, 3.63) is 81.7 Å². The molecule has 0 radical (unpaired) electrons. The van der Waals surface area contributed by atoms with E-state index in [1.807, 2.05) is 35.2 Å². The zero-order valence-electron chi connectivity index (χ0n) is 26.6. The SMILES string of the molecule is Cn1c2c(c3c1[C@@H]1Oc4c(O)ccc5c4[C@@]14CCN(CC1CC1)C(C5)[C@]4(O)C3)C[C@H]1CN(C(=O)OCc3ccccc3)CC[C@@H]1C2. The van der Waals surface area contributed by atoms with Crippen molar-refractivity contribution in [2.75, 3.05) is 26.2 Å². The van der Waals surface area contributed by atoms with Crippen molar-refractivity contribution in [1.82, 2.24) is 14.4 Å². The Morgan fingerprint density at radius 2 is 1.87 bits per heavy atom. The number of nitrogens with zero attached hydrogens (tertiary/aromatic N) is 3. The van der Waals surface area contributed by atoms with Crippen molar-refractivity contribution in [2.24, 2.45) is 24.8 Å². The summed E-state index contributed by atoms with van der Waals surface area (Å²) in [7, 11) is 2.20. The molecule has 46 heavy (non-hydrogen) atoms. The normalized spacial score (nSPS) is 33.4. The number of ether oxygens (including phenoxy) is 2. The van der Waals surface area contributed by atoms with E-state index in [0.29, 0.717) is 37.2 Å². The van der Waals surface area contributed by atoms with Gasteiger partial charge in [-0.25, -0.2) is 4.79 Å². The number of aliphatic hydroxyl groups is 1. The third-order valence-corrected chi connectivity index (χ3v) is 13.3. The smallest absolute Gasteiger partial charge is 0.410 e. The van der Waals surface area contributed by atoms with Crippen LogP contribution in [-0.4, -0.2) is 68.5 Å². The summed E-state index contributed by atoms with van der Waals surface area (Å²) in [5.74, 6) is 2.40. The molecule has 8 nitrogen and oxygen atoms in total. The van der Waals surface area contributed by atoms with Crippen molar-refractivity contribution in [1.29, 1.82) is 0 Å². The van der Waals surface area contributed by atoms with Gasteiger partial charge in [-0.2, -0.15) is 0 Å². The third kappa shape index (κ3) is 3.60. The molecule has 7 aliphatic rings. The number of aromatic nitrogens is 1. The lowest BCUT2D eigenvalue weighted by Crippen LogP contribution is -2.74. The van der Waals surface area contributed by atoms with E-state index < -0.39 is 11.0 Å². The second kappa shape index (κ2) is 9.54. The number of carbonyl (C=O) groups is 1. The first-order chi connectivity index (χ1) is 22.4. The number of phenolic OH excluding ortho intramolecular Hbond substituents is 1. The number of rotatable bonds is 4. The highest BCUT2D eigenvalue weighted by atomic mass is 16.6. The minimum absolute atomic E-state index is 0.0286. The van der Waals surface area contributed by atoms with E-state index in [4.69, 9.17) is 9.47 Å². The molecule has 3 fully saturated rings. The van der Waals surface area contributed by atoms with Gasteiger partial charge in [-0.3, -0.25) is 4.90 Å². The Morgan fingerprint density at radius 1 is 1.02 bits per heavy atom. The summed E-state index contributed by atoms with van der Waals surface area (Å²) >= 11 is 0. The fourth-order valence-electron chi connectivity index (χ4n) is 10.9. The summed E-state index contributed by atoms with van der Waals surface area (Å²) in [6.07, 6.45) is 7.14. The first-order valence-electron chi connectivity index (χ1n) is 17.5. The van der Waals surface area contributed by atoms with Crippen LogP contribution in [0.5, 0.6) is 11.5 Å². The van der Waals surface area contributed by atoms with E-state index in [1.54, 1.807) is 6.07 Å². The number of likely N-dealkylation sites (tertiary alicyclic amines) is 2. The molecule has 1 aromatic heterocycles. The molecule has 2 N–H and O–H groups in total. The van der Waals surface area contributed by atoms with Crippen LogP contribution in [0.2, 0.25) is 0 Å². The molecule has 4 heterocycles. The number of hydrogen-bond acceptors (Lipinski definition) is 6. The molecular weight excluding hydrogens is 578 g/mol. The number of aromatic hydroxyl groups is 1. The molecule has 2 saturated heterocycles. The molecule has 2 bridgehead atoms. The molecule has 1 unspecified atom stereocenters.